The van der Waals surface area contributed by atoms with Crippen molar-refractivity contribution in [3.05, 3.63) is 29.3 Å². The van der Waals surface area contributed by atoms with E-state index >= 15 is 0 Å². The summed E-state index contributed by atoms with van der Waals surface area (Å²) < 4.78 is 21.9. The van der Waals surface area contributed by atoms with Crippen LogP contribution in [0.4, 0.5) is 0 Å². The number of benzene rings is 1. The summed E-state index contributed by atoms with van der Waals surface area (Å²) in [5.74, 6) is 0. The van der Waals surface area contributed by atoms with Crippen LogP contribution in [0.15, 0.2) is 23.1 Å². The highest BCUT2D eigenvalue weighted by Crippen LogP contribution is 2.31. The van der Waals surface area contributed by atoms with Crippen LogP contribution < -0.4 is 0 Å². The molecule has 0 atom stereocenters. The maximum atomic E-state index is 10.7. The van der Waals surface area contributed by atoms with Crippen molar-refractivity contribution in [2.24, 2.45) is 0 Å². The molecule has 0 aliphatic heterocycles. The predicted molar refractivity (Wildman–Crippen MR) is 70.5 cm³/mol. The first-order valence-electron chi connectivity index (χ1n) is 3.55. The standard InChI is InChI=1S/C8H8I2O2S/c1-5-4-6(8(9)10)2-3-7(5)13(11)12/h2-4,8,13H,1H3. The Labute approximate surface area is 106 Å². The average Bonchev–Trinajstić information content (AvgIpc) is 2.03. The van der Waals surface area contributed by atoms with E-state index in [1.54, 1.807) is 6.07 Å². The minimum atomic E-state index is -2.45. The van der Waals surface area contributed by atoms with Gasteiger partial charge in [-0.3, -0.25) is 0 Å². The van der Waals surface area contributed by atoms with Gasteiger partial charge in [-0.15, -0.1) is 0 Å². The highest BCUT2D eigenvalue weighted by Gasteiger charge is 2.05. The van der Waals surface area contributed by atoms with Crippen LogP contribution in [-0.4, -0.2) is 8.42 Å². The number of hydrogen-bond acceptors (Lipinski definition) is 2. The van der Waals surface area contributed by atoms with Gasteiger partial charge in [-0.2, -0.15) is 0 Å². The fraction of sp³-hybridized carbons (Fsp3) is 0.250. The van der Waals surface area contributed by atoms with E-state index in [1.807, 2.05) is 19.1 Å². The number of hydrogen-bond donors (Lipinski definition) is 1. The van der Waals surface area contributed by atoms with E-state index in [9.17, 15) is 8.42 Å². The van der Waals surface area contributed by atoms with Gasteiger partial charge in [-0.1, -0.05) is 57.3 Å². The Bertz CT molecular complexity index is 378. The fourth-order valence-electron chi connectivity index (χ4n) is 1.02. The molecule has 0 aliphatic carbocycles. The van der Waals surface area contributed by atoms with Crippen LogP contribution in [0.3, 0.4) is 0 Å². The summed E-state index contributed by atoms with van der Waals surface area (Å²) in [5.41, 5.74) is 1.98. The average molecular weight is 422 g/mol. The molecule has 5 heteroatoms. The molecule has 1 rings (SSSR count). The minimum Gasteiger partial charge on any atom is -0.227 e. The summed E-state index contributed by atoms with van der Waals surface area (Å²) in [6, 6.07) is 5.45. The van der Waals surface area contributed by atoms with Crippen molar-refractivity contribution in [2.75, 3.05) is 0 Å². The molecular formula is C8H8I2O2S. The highest BCUT2D eigenvalue weighted by atomic mass is 127. The number of halogens is 2. The molecular weight excluding hydrogens is 414 g/mol. The molecule has 72 valence electrons. The molecule has 0 heterocycles. The van der Waals surface area contributed by atoms with Crippen molar-refractivity contribution in [1.82, 2.24) is 0 Å². The quantitative estimate of drug-likeness (QED) is 0.452. The van der Waals surface area contributed by atoms with Gasteiger partial charge in [0.05, 0.1) is 6.83 Å². The van der Waals surface area contributed by atoms with Crippen LogP contribution in [0.25, 0.3) is 0 Å². The Morgan fingerprint density at radius 3 is 2.31 bits per heavy atom. The van der Waals surface area contributed by atoms with Crippen LogP contribution in [-0.2, 0) is 10.7 Å². The molecule has 0 saturated carbocycles. The lowest BCUT2D eigenvalue weighted by Gasteiger charge is -2.04. The molecule has 0 saturated heterocycles. The van der Waals surface area contributed by atoms with E-state index in [0.29, 0.717) is 6.83 Å². The second-order valence-electron chi connectivity index (χ2n) is 2.60. The molecule has 0 aliphatic rings. The Morgan fingerprint density at radius 2 is 1.92 bits per heavy atom. The number of alkyl halides is 2. The van der Waals surface area contributed by atoms with E-state index in [2.05, 4.69) is 45.2 Å². The molecule has 0 unspecified atom stereocenters. The van der Waals surface area contributed by atoms with Crippen LogP contribution in [0, 0.1) is 6.92 Å². The summed E-state index contributed by atoms with van der Waals surface area (Å²) in [4.78, 5) is 0.423. The van der Waals surface area contributed by atoms with Crippen molar-refractivity contribution < 1.29 is 8.42 Å². The largest absolute Gasteiger partial charge is 0.227 e. The smallest absolute Gasteiger partial charge is 0.168 e. The molecule has 0 N–H and O–H groups in total. The lowest BCUT2D eigenvalue weighted by atomic mass is 10.2. The van der Waals surface area contributed by atoms with Crippen molar-refractivity contribution in [2.45, 2.75) is 13.8 Å². The summed E-state index contributed by atoms with van der Waals surface area (Å²) in [6.45, 7) is 1.82. The molecule has 0 spiro atoms. The second-order valence-corrected chi connectivity index (χ2v) is 8.47. The molecule has 1 aromatic carbocycles. The molecule has 2 nitrogen and oxygen atoms in total. The Hall–Kier alpha value is 0.630. The highest BCUT2D eigenvalue weighted by molar-refractivity contribution is 14.2. The van der Waals surface area contributed by atoms with Crippen molar-refractivity contribution in [1.29, 1.82) is 0 Å². The number of rotatable bonds is 2. The summed E-state index contributed by atoms with van der Waals surface area (Å²) in [5, 5.41) is 0. The zero-order chi connectivity index (χ0) is 10.0. The van der Waals surface area contributed by atoms with E-state index in [0.717, 1.165) is 11.1 Å². The van der Waals surface area contributed by atoms with E-state index in [-0.39, 0.29) is 0 Å². The van der Waals surface area contributed by atoms with Crippen LogP contribution in [0.5, 0.6) is 0 Å². The van der Waals surface area contributed by atoms with Gasteiger partial charge in [-0.05, 0) is 24.1 Å². The van der Waals surface area contributed by atoms with E-state index in [4.69, 9.17) is 0 Å². The van der Waals surface area contributed by atoms with Gasteiger partial charge in [0.2, 0.25) is 0 Å². The zero-order valence-corrected chi connectivity index (χ0v) is 12.0. The number of aryl methyl sites for hydroxylation is 1. The third kappa shape index (κ3) is 3.05. The summed E-state index contributed by atoms with van der Waals surface area (Å²) in [6.07, 6.45) is 0. The first-order valence-corrected chi connectivity index (χ1v) is 7.22. The maximum absolute atomic E-state index is 10.7. The normalized spacial score (nSPS) is 11.2. The van der Waals surface area contributed by atoms with Gasteiger partial charge in [0, 0.05) is 0 Å². The first-order chi connectivity index (χ1) is 6.02. The monoisotopic (exact) mass is 422 g/mol. The van der Waals surface area contributed by atoms with Gasteiger partial charge in [0.25, 0.3) is 0 Å². The first kappa shape index (κ1) is 11.7. The van der Waals surface area contributed by atoms with Gasteiger partial charge < -0.3 is 0 Å². The third-order valence-electron chi connectivity index (χ3n) is 1.67. The zero-order valence-electron chi connectivity index (χ0n) is 6.83. The summed E-state index contributed by atoms with van der Waals surface area (Å²) >= 11 is 4.58. The van der Waals surface area contributed by atoms with Crippen molar-refractivity contribution >= 4 is 55.9 Å². The molecule has 0 bridgehead atoms. The van der Waals surface area contributed by atoms with Crippen LogP contribution in [0.1, 0.15) is 13.1 Å². The van der Waals surface area contributed by atoms with E-state index in [1.165, 1.54) is 0 Å². The predicted octanol–water partition coefficient (Wildman–Crippen LogP) is 2.83. The van der Waals surface area contributed by atoms with Gasteiger partial charge >= 0.3 is 0 Å². The molecule has 0 radical (unpaired) electrons. The Morgan fingerprint density at radius 1 is 1.31 bits per heavy atom. The second kappa shape index (κ2) is 4.92. The lowest BCUT2D eigenvalue weighted by molar-refractivity contribution is 0.614. The lowest BCUT2D eigenvalue weighted by Crippen LogP contribution is -1.89. The third-order valence-corrected chi connectivity index (χ3v) is 4.00. The molecule has 0 amide bonds. The Balaban J connectivity index is 3.20. The maximum Gasteiger partial charge on any atom is 0.168 e. The van der Waals surface area contributed by atoms with Crippen molar-refractivity contribution in [3.8, 4) is 0 Å². The molecule has 0 fully saturated rings. The SMILES string of the molecule is Cc1cc(C(I)I)ccc1[SH](=O)=O. The molecule has 1 aromatic rings. The molecule has 0 aromatic heterocycles. The van der Waals surface area contributed by atoms with Crippen LogP contribution >= 0.6 is 45.2 Å². The van der Waals surface area contributed by atoms with Gasteiger partial charge in [-0.25, -0.2) is 8.42 Å². The number of thiol groups is 1. The van der Waals surface area contributed by atoms with Crippen molar-refractivity contribution in [3.63, 3.8) is 0 Å². The molecule has 13 heavy (non-hydrogen) atoms. The van der Waals surface area contributed by atoms with Gasteiger partial charge in [0.15, 0.2) is 10.7 Å². The minimum absolute atomic E-state index is 0.382. The fourth-order valence-corrected chi connectivity index (χ4v) is 2.34. The Kier molecular flexibility index (Phi) is 4.43. The van der Waals surface area contributed by atoms with E-state index < -0.39 is 10.7 Å². The topological polar surface area (TPSA) is 34.1 Å². The van der Waals surface area contributed by atoms with Crippen LogP contribution in [0.2, 0.25) is 0 Å². The van der Waals surface area contributed by atoms with Gasteiger partial charge in [0.1, 0.15) is 0 Å². The summed E-state index contributed by atoms with van der Waals surface area (Å²) in [7, 11) is -2.45.